The van der Waals surface area contributed by atoms with Crippen LogP contribution in [0.5, 0.6) is 0 Å². The lowest BCUT2D eigenvalue weighted by atomic mass is 9.66. The van der Waals surface area contributed by atoms with Crippen molar-refractivity contribution < 1.29 is 0 Å². The lowest BCUT2D eigenvalue weighted by Gasteiger charge is -2.37. The third kappa shape index (κ3) is 1.64. The molecule has 1 aliphatic carbocycles. The van der Waals surface area contributed by atoms with E-state index in [0.29, 0.717) is 5.41 Å². The summed E-state index contributed by atoms with van der Waals surface area (Å²) in [5.41, 5.74) is 5.11. The molecular weight excluding hydrogens is 206 g/mol. The van der Waals surface area contributed by atoms with Crippen LogP contribution in [0.25, 0.3) is 6.08 Å². The molecule has 1 heteroatoms. The maximum atomic E-state index is 3.58. The molecule has 2 aliphatic rings. The van der Waals surface area contributed by atoms with Gasteiger partial charge in [-0.05, 0) is 41.9 Å². The maximum absolute atomic E-state index is 3.58. The number of rotatable bonds is 1. The van der Waals surface area contributed by atoms with Crippen LogP contribution in [0.4, 0.5) is 0 Å². The summed E-state index contributed by atoms with van der Waals surface area (Å²) in [5, 5.41) is 3.58. The Morgan fingerprint density at radius 3 is 3.12 bits per heavy atom. The largest absolute Gasteiger partial charge is 0.316 e. The van der Waals surface area contributed by atoms with E-state index >= 15 is 0 Å². The van der Waals surface area contributed by atoms with E-state index < -0.39 is 0 Å². The average molecular weight is 227 g/mol. The Morgan fingerprint density at radius 2 is 2.29 bits per heavy atom. The number of benzene rings is 1. The van der Waals surface area contributed by atoms with E-state index in [1.807, 2.05) is 0 Å². The number of fused-ring (bicyclic) bond motifs is 3. The van der Waals surface area contributed by atoms with Crippen molar-refractivity contribution in [1.82, 2.24) is 5.32 Å². The van der Waals surface area contributed by atoms with Crippen LogP contribution >= 0.6 is 0 Å². The van der Waals surface area contributed by atoms with Gasteiger partial charge in [0.25, 0.3) is 0 Å². The van der Waals surface area contributed by atoms with Crippen molar-refractivity contribution in [2.24, 2.45) is 5.41 Å². The van der Waals surface area contributed by atoms with E-state index in [4.69, 9.17) is 0 Å². The average Bonchev–Trinajstić information content (AvgIpc) is 2.72. The topological polar surface area (TPSA) is 12.0 Å². The van der Waals surface area contributed by atoms with E-state index in [-0.39, 0.29) is 0 Å². The minimum absolute atomic E-state index is 0.488. The van der Waals surface area contributed by atoms with Gasteiger partial charge in [0.2, 0.25) is 0 Å². The number of hydrogen-bond donors (Lipinski definition) is 1. The van der Waals surface area contributed by atoms with E-state index in [9.17, 15) is 0 Å². The van der Waals surface area contributed by atoms with Gasteiger partial charge in [0.1, 0.15) is 0 Å². The minimum atomic E-state index is 0.488. The summed E-state index contributed by atoms with van der Waals surface area (Å²) in [4.78, 5) is 0. The van der Waals surface area contributed by atoms with Gasteiger partial charge in [-0.2, -0.15) is 0 Å². The van der Waals surface area contributed by atoms with Crippen molar-refractivity contribution in [3.8, 4) is 0 Å². The number of hydrogen-bond acceptors (Lipinski definition) is 1. The standard InChI is InChI=1S/C16H21N/c1-3-5-12-6-4-7-14-13(12)8-9-16(2)11-17-10-15(14)16/h3-7,15,17H,8-11H2,1-2H3/t15-,16-/m0/s1. The molecule has 90 valence electrons. The quantitative estimate of drug-likeness (QED) is 0.775. The van der Waals surface area contributed by atoms with E-state index in [2.05, 4.69) is 49.5 Å². The minimum Gasteiger partial charge on any atom is -0.316 e. The molecule has 1 N–H and O–H groups in total. The van der Waals surface area contributed by atoms with Gasteiger partial charge in [-0.3, -0.25) is 0 Å². The Balaban J connectivity index is 2.10. The molecular formula is C16H21N. The second-order valence-corrected chi connectivity index (χ2v) is 5.75. The highest BCUT2D eigenvalue weighted by molar-refractivity contribution is 5.57. The van der Waals surface area contributed by atoms with Gasteiger partial charge in [0.05, 0.1) is 0 Å². The molecule has 0 amide bonds. The first-order valence-electron chi connectivity index (χ1n) is 6.70. The van der Waals surface area contributed by atoms with Crippen LogP contribution < -0.4 is 5.32 Å². The summed E-state index contributed by atoms with van der Waals surface area (Å²) in [7, 11) is 0. The lowest BCUT2D eigenvalue weighted by Crippen LogP contribution is -2.30. The molecule has 1 saturated heterocycles. The molecule has 0 saturated carbocycles. The Bertz CT molecular complexity index is 461. The summed E-state index contributed by atoms with van der Waals surface area (Å²) in [5.74, 6) is 0.719. The van der Waals surface area contributed by atoms with Crippen LogP contribution in [0.2, 0.25) is 0 Å². The predicted octanol–water partition coefficient (Wildman–Crippen LogP) is 3.36. The highest BCUT2D eigenvalue weighted by Gasteiger charge is 2.43. The summed E-state index contributed by atoms with van der Waals surface area (Å²) < 4.78 is 0. The van der Waals surface area contributed by atoms with Gasteiger partial charge in [-0.25, -0.2) is 0 Å². The fourth-order valence-electron chi connectivity index (χ4n) is 3.60. The van der Waals surface area contributed by atoms with Crippen LogP contribution in [-0.2, 0) is 6.42 Å². The molecule has 17 heavy (non-hydrogen) atoms. The van der Waals surface area contributed by atoms with Crippen molar-refractivity contribution in [1.29, 1.82) is 0 Å². The van der Waals surface area contributed by atoms with Crippen molar-refractivity contribution in [3.05, 3.63) is 41.0 Å². The third-order valence-electron chi connectivity index (χ3n) is 4.63. The molecule has 0 aromatic heterocycles. The fourth-order valence-corrected chi connectivity index (χ4v) is 3.60. The maximum Gasteiger partial charge on any atom is 0.00324 e. The van der Waals surface area contributed by atoms with Crippen LogP contribution in [0.1, 0.15) is 42.9 Å². The zero-order valence-electron chi connectivity index (χ0n) is 10.8. The molecule has 1 aliphatic heterocycles. The normalized spacial score (nSPS) is 31.5. The van der Waals surface area contributed by atoms with E-state index in [0.717, 1.165) is 12.5 Å². The first-order valence-corrected chi connectivity index (χ1v) is 6.70. The lowest BCUT2D eigenvalue weighted by molar-refractivity contribution is 0.277. The first-order chi connectivity index (χ1) is 8.24. The fraction of sp³-hybridized carbons (Fsp3) is 0.500. The summed E-state index contributed by atoms with van der Waals surface area (Å²) >= 11 is 0. The monoisotopic (exact) mass is 227 g/mol. The van der Waals surface area contributed by atoms with Crippen LogP contribution in [0, 0.1) is 5.41 Å². The molecule has 0 radical (unpaired) electrons. The Hall–Kier alpha value is -1.08. The first kappa shape index (κ1) is 11.0. The third-order valence-corrected chi connectivity index (χ3v) is 4.63. The van der Waals surface area contributed by atoms with Crippen molar-refractivity contribution >= 4 is 6.08 Å². The Labute approximate surface area is 104 Å². The van der Waals surface area contributed by atoms with Gasteiger partial charge in [-0.1, -0.05) is 37.3 Å². The van der Waals surface area contributed by atoms with Gasteiger partial charge >= 0.3 is 0 Å². The van der Waals surface area contributed by atoms with E-state index in [1.165, 1.54) is 24.9 Å². The summed E-state index contributed by atoms with van der Waals surface area (Å²) in [6.07, 6.45) is 6.97. The van der Waals surface area contributed by atoms with Gasteiger partial charge in [-0.15, -0.1) is 0 Å². The van der Waals surface area contributed by atoms with Crippen LogP contribution in [0.15, 0.2) is 24.3 Å². The van der Waals surface area contributed by atoms with Crippen molar-refractivity contribution in [3.63, 3.8) is 0 Å². The zero-order chi connectivity index (χ0) is 11.9. The van der Waals surface area contributed by atoms with Crippen LogP contribution in [-0.4, -0.2) is 13.1 Å². The molecule has 1 aromatic rings. The second kappa shape index (κ2) is 3.99. The summed E-state index contributed by atoms with van der Waals surface area (Å²) in [6, 6.07) is 6.82. The molecule has 1 heterocycles. The summed E-state index contributed by atoms with van der Waals surface area (Å²) in [6.45, 7) is 6.89. The highest BCUT2D eigenvalue weighted by Crippen LogP contribution is 2.48. The molecule has 3 rings (SSSR count). The SMILES string of the molecule is CC=Cc1cccc2c1CC[C@@]1(C)CNC[C@@H]21. The van der Waals surface area contributed by atoms with Crippen molar-refractivity contribution in [2.75, 3.05) is 13.1 Å². The van der Waals surface area contributed by atoms with Gasteiger partial charge in [0, 0.05) is 19.0 Å². The molecule has 0 unspecified atom stereocenters. The van der Waals surface area contributed by atoms with Crippen LogP contribution in [0.3, 0.4) is 0 Å². The van der Waals surface area contributed by atoms with Gasteiger partial charge < -0.3 is 5.32 Å². The second-order valence-electron chi connectivity index (χ2n) is 5.75. The highest BCUT2D eigenvalue weighted by atomic mass is 14.9. The van der Waals surface area contributed by atoms with E-state index in [1.54, 1.807) is 11.1 Å². The molecule has 1 aromatic carbocycles. The van der Waals surface area contributed by atoms with Crippen molar-refractivity contribution in [2.45, 2.75) is 32.6 Å². The smallest absolute Gasteiger partial charge is 0.00324 e. The Kier molecular flexibility index (Phi) is 2.59. The zero-order valence-corrected chi connectivity index (χ0v) is 10.8. The Morgan fingerprint density at radius 1 is 1.41 bits per heavy atom. The molecule has 2 atom stereocenters. The van der Waals surface area contributed by atoms with Gasteiger partial charge in [0.15, 0.2) is 0 Å². The predicted molar refractivity (Wildman–Crippen MR) is 73.2 cm³/mol. The molecule has 1 nitrogen and oxygen atoms in total. The molecule has 0 bridgehead atoms. The molecule has 1 fully saturated rings. The number of allylic oxidation sites excluding steroid dienone is 1. The number of nitrogens with one attached hydrogen (secondary N) is 1. The molecule has 0 spiro atoms.